The average molecular weight is 251 g/mol. The van der Waals surface area contributed by atoms with Crippen LogP contribution in [0.4, 0.5) is 0 Å². The Hall–Kier alpha value is -0.610. The second-order valence-corrected chi connectivity index (χ2v) is 6.04. The van der Waals surface area contributed by atoms with E-state index in [0.717, 1.165) is 12.8 Å². The fourth-order valence-corrected chi connectivity index (χ4v) is 4.09. The molecule has 3 rings (SSSR count). The summed E-state index contributed by atoms with van der Waals surface area (Å²) in [6.45, 7) is 6.63. The van der Waals surface area contributed by atoms with Crippen molar-refractivity contribution < 1.29 is 4.79 Å². The molecule has 3 heterocycles. The number of carbonyl (C=O) groups is 1. The van der Waals surface area contributed by atoms with Gasteiger partial charge in [-0.05, 0) is 39.2 Å². The van der Waals surface area contributed by atoms with Crippen LogP contribution in [0.25, 0.3) is 0 Å². The fraction of sp³-hybridized carbons (Fsp3) is 0.929. The Labute approximate surface area is 110 Å². The lowest BCUT2D eigenvalue weighted by molar-refractivity contribution is -0.132. The van der Waals surface area contributed by atoms with Crippen LogP contribution in [-0.2, 0) is 4.79 Å². The van der Waals surface area contributed by atoms with Gasteiger partial charge in [0.1, 0.15) is 0 Å². The van der Waals surface area contributed by atoms with Gasteiger partial charge in [-0.15, -0.1) is 0 Å². The first kappa shape index (κ1) is 12.4. The number of rotatable bonds is 3. The Morgan fingerprint density at radius 1 is 1.28 bits per heavy atom. The topological polar surface area (TPSA) is 35.6 Å². The Bertz CT molecular complexity index is 333. The van der Waals surface area contributed by atoms with Crippen LogP contribution in [0.2, 0.25) is 0 Å². The normalized spacial score (nSPS) is 40.8. The largest absolute Gasteiger partial charge is 0.321 e. The summed E-state index contributed by atoms with van der Waals surface area (Å²) in [5.74, 6) is 0.326. The zero-order chi connectivity index (χ0) is 12.7. The molecule has 0 spiro atoms. The number of carbonyl (C=O) groups excluding carboxylic acids is 1. The van der Waals surface area contributed by atoms with Crippen LogP contribution in [-0.4, -0.2) is 53.1 Å². The van der Waals surface area contributed by atoms with E-state index in [-0.39, 0.29) is 12.2 Å². The van der Waals surface area contributed by atoms with E-state index < -0.39 is 0 Å². The predicted molar refractivity (Wildman–Crippen MR) is 71.1 cm³/mol. The number of nitrogens with zero attached hydrogens (tertiary/aromatic N) is 2. The molecule has 4 nitrogen and oxygen atoms in total. The number of amides is 1. The van der Waals surface area contributed by atoms with Crippen LogP contribution in [0.15, 0.2) is 0 Å². The molecule has 3 aliphatic heterocycles. The van der Waals surface area contributed by atoms with Crippen molar-refractivity contribution >= 4 is 5.91 Å². The molecule has 0 aromatic rings. The first-order valence-corrected chi connectivity index (χ1v) is 7.54. The molecule has 3 saturated heterocycles. The van der Waals surface area contributed by atoms with Gasteiger partial charge in [0.25, 0.3) is 0 Å². The molecule has 0 bridgehead atoms. The van der Waals surface area contributed by atoms with Crippen LogP contribution < -0.4 is 5.32 Å². The minimum absolute atomic E-state index is 0.0111. The highest BCUT2D eigenvalue weighted by Crippen LogP contribution is 2.34. The number of fused-ring (bicyclic) bond motifs is 1. The van der Waals surface area contributed by atoms with E-state index in [4.69, 9.17) is 0 Å². The molecule has 1 N–H and O–H groups in total. The SMILES string of the molecule is CCCC1NC(C)C(=O)N1C1CCN2CCCC12. The zero-order valence-electron chi connectivity index (χ0n) is 11.6. The van der Waals surface area contributed by atoms with E-state index in [1.165, 1.54) is 32.4 Å². The Balaban J connectivity index is 1.78. The molecular weight excluding hydrogens is 226 g/mol. The first-order chi connectivity index (χ1) is 8.72. The highest BCUT2D eigenvalue weighted by atomic mass is 16.2. The molecule has 0 radical (unpaired) electrons. The molecule has 0 aliphatic carbocycles. The lowest BCUT2D eigenvalue weighted by atomic mass is 10.0. The molecule has 4 atom stereocenters. The van der Waals surface area contributed by atoms with E-state index >= 15 is 0 Å². The maximum atomic E-state index is 12.4. The number of nitrogens with one attached hydrogen (secondary N) is 1. The average Bonchev–Trinajstić information content (AvgIpc) is 2.98. The van der Waals surface area contributed by atoms with Gasteiger partial charge in [0.05, 0.1) is 18.2 Å². The van der Waals surface area contributed by atoms with Gasteiger partial charge >= 0.3 is 0 Å². The third-order valence-electron chi connectivity index (χ3n) is 4.89. The minimum atomic E-state index is 0.0111. The third-order valence-corrected chi connectivity index (χ3v) is 4.89. The Morgan fingerprint density at radius 2 is 2.11 bits per heavy atom. The van der Waals surface area contributed by atoms with Crippen molar-refractivity contribution in [3.8, 4) is 0 Å². The van der Waals surface area contributed by atoms with Gasteiger partial charge < -0.3 is 4.90 Å². The monoisotopic (exact) mass is 251 g/mol. The summed E-state index contributed by atoms with van der Waals surface area (Å²) in [7, 11) is 0. The summed E-state index contributed by atoms with van der Waals surface area (Å²) in [4.78, 5) is 17.2. The Morgan fingerprint density at radius 3 is 2.89 bits per heavy atom. The highest BCUT2D eigenvalue weighted by Gasteiger charge is 2.47. The van der Waals surface area contributed by atoms with Crippen molar-refractivity contribution in [2.24, 2.45) is 0 Å². The summed E-state index contributed by atoms with van der Waals surface area (Å²) in [5.41, 5.74) is 0. The van der Waals surface area contributed by atoms with Crippen LogP contribution in [0, 0.1) is 0 Å². The van der Waals surface area contributed by atoms with E-state index in [1.54, 1.807) is 0 Å². The lowest BCUT2D eigenvalue weighted by Gasteiger charge is -2.33. The summed E-state index contributed by atoms with van der Waals surface area (Å²) >= 11 is 0. The van der Waals surface area contributed by atoms with Crippen molar-refractivity contribution in [1.82, 2.24) is 15.1 Å². The van der Waals surface area contributed by atoms with Crippen molar-refractivity contribution in [1.29, 1.82) is 0 Å². The molecular formula is C14H25N3O. The molecule has 0 saturated carbocycles. The van der Waals surface area contributed by atoms with E-state index in [2.05, 4.69) is 22.0 Å². The van der Waals surface area contributed by atoms with E-state index in [9.17, 15) is 4.79 Å². The van der Waals surface area contributed by atoms with Crippen LogP contribution >= 0.6 is 0 Å². The molecule has 0 aromatic carbocycles. The van der Waals surface area contributed by atoms with E-state index in [1.807, 2.05) is 6.92 Å². The van der Waals surface area contributed by atoms with Crippen molar-refractivity contribution in [2.75, 3.05) is 13.1 Å². The lowest BCUT2D eigenvalue weighted by Crippen LogP contribution is -2.49. The smallest absolute Gasteiger partial charge is 0.241 e. The first-order valence-electron chi connectivity index (χ1n) is 7.54. The van der Waals surface area contributed by atoms with Gasteiger partial charge in [0.15, 0.2) is 0 Å². The molecule has 1 amide bonds. The standard InChI is InChI=1S/C14H25N3O/c1-3-5-13-15-10(2)14(18)17(13)12-7-9-16-8-4-6-11(12)16/h10-13,15H,3-9H2,1-2H3. The van der Waals surface area contributed by atoms with Gasteiger partial charge in [0, 0.05) is 12.6 Å². The predicted octanol–water partition coefficient (Wildman–Crippen LogP) is 1.17. The second kappa shape index (κ2) is 4.82. The minimum Gasteiger partial charge on any atom is -0.321 e. The van der Waals surface area contributed by atoms with Gasteiger partial charge in [-0.1, -0.05) is 13.3 Å². The maximum absolute atomic E-state index is 12.4. The van der Waals surface area contributed by atoms with Gasteiger partial charge in [-0.3, -0.25) is 15.0 Å². The van der Waals surface area contributed by atoms with Crippen molar-refractivity contribution in [2.45, 2.75) is 70.2 Å². The van der Waals surface area contributed by atoms with Gasteiger partial charge in [-0.2, -0.15) is 0 Å². The number of hydrogen-bond acceptors (Lipinski definition) is 3. The van der Waals surface area contributed by atoms with E-state index in [0.29, 0.717) is 18.0 Å². The van der Waals surface area contributed by atoms with Crippen molar-refractivity contribution in [3.63, 3.8) is 0 Å². The number of hydrogen-bond donors (Lipinski definition) is 1. The van der Waals surface area contributed by atoms with Crippen molar-refractivity contribution in [3.05, 3.63) is 0 Å². The summed E-state index contributed by atoms with van der Waals surface area (Å²) < 4.78 is 0. The Kier molecular flexibility index (Phi) is 3.32. The zero-order valence-corrected chi connectivity index (χ0v) is 11.6. The summed E-state index contributed by atoms with van der Waals surface area (Å²) in [5, 5.41) is 3.47. The quantitative estimate of drug-likeness (QED) is 0.818. The maximum Gasteiger partial charge on any atom is 0.241 e. The molecule has 102 valence electrons. The van der Waals surface area contributed by atoms with Crippen LogP contribution in [0.3, 0.4) is 0 Å². The highest BCUT2D eigenvalue weighted by molar-refractivity contribution is 5.84. The molecule has 3 fully saturated rings. The third kappa shape index (κ3) is 1.86. The molecule has 3 aliphatic rings. The molecule has 18 heavy (non-hydrogen) atoms. The molecule has 0 aromatic heterocycles. The summed E-state index contributed by atoms with van der Waals surface area (Å²) in [6, 6.07) is 1.12. The fourth-order valence-electron chi connectivity index (χ4n) is 4.09. The second-order valence-electron chi connectivity index (χ2n) is 6.04. The van der Waals surface area contributed by atoms with Crippen LogP contribution in [0.5, 0.6) is 0 Å². The summed E-state index contributed by atoms with van der Waals surface area (Å²) in [6.07, 6.45) is 6.26. The van der Waals surface area contributed by atoms with Gasteiger partial charge in [0.2, 0.25) is 5.91 Å². The molecule has 4 unspecified atom stereocenters. The van der Waals surface area contributed by atoms with Gasteiger partial charge in [-0.25, -0.2) is 0 Å². The van der Waals surface area contributed by atoms with Crippen LogP contribution in [0.1, 0.15) is 46.0 Å². The molecule has 4 heteroatoms.